The van der Waals surface area contributed by atoms with Gasteiger partial charge in [-0.05, 0) is 22.0 Å². The molecule has 41 valence electrons. The molecule has 0 aliphatic heterocycles. The van der Waals surface area contributed by atoms with Gasteiger partial charge < -0.3 is 0 Å². The number of hydrogen-bond acceptors (Lipinski definition) is 1. The van der Waals surface area contributed by atoms with Gasteiger partial charge in [-0.15, -0.1) is 0 Å². The molecule has 8 heavy (non-hydrogen) atoms. The Morgan fingerprint density at radius 2 is 2.50 bits per heavy atom. The van der Waals surface area contributed by atoms with Crippen LogP contribution in [0.2, 0.25) is 0 Å². The number of hydrogen-bond donors (Lipinski definition) is 0. The Morgan fingerprint density at radius 3 is 2.88 bits per heavy atom. The molecular weight excluding hydrogens is 173 g/mol. The standard InChI is InChI=1S/C5H2BrFN/c6-5-2-1-4(7)3-8-5/h1,3H. The van der Waals surface area contributed by atoms with Crippen molar-refractivity contribution in [3.05, 3.63) is 28.7 Å². The van der Waals surface area contributed by atoms with E-state index in [1.165, 1.54) is 6.07 Å². The zero-order valence-electron chi connectivity index (χ0n) is 3.86. The second-order valence-electron chi connectivity index (χ2n) is 1.22. The predicted molar refractivity (Wildman–Crippen MR) is 30.7 cm³/mol. The van der Waals surface area contributed by atoms with Crippen molar-refractivity contribution < 1.29 is 4.39 Å². The van der Waals surface area contributed by atoms with Gasteiger partial charge in [0.1, 0.15) is 10.4 Å². The fourth-order valence-corrected chi connectivity index (χ4v) is 0.538. The van der Waals surface area contributed by atoms with Gasteiger partial charge in [-0.1, -0.05) is 0 Å². The summed E-state index contributed by atoms with van der Waals surface area (Å²) in [5.41, 5.74) is 0. The normalized spacial score (nSPS) is 9.25. The van der Waals surface area contributed by atoms with E-state index < -0.39 is 0 Å². The molecule has 0 unspecified atom stereocenters. The van der Waals surface area contributed by atoms with Crippen molar-refractivity contribution in [3.63, 3.8) is 0 Å². The summed E-state index contributed by atoms with van der Waals surface area (Å²) in [6.07, 6.45) is 1.13. The molecule has 0 bridgehead atoms. The molecule has 0 amide bonds. The van der Waals surface area contributed by atoms with Crippen molar-refractivity contribution in [3.8, 4) is 0 Å². The van der Waals surface area contributed by atoms with Crippen LogP contribution in [0, 0.1) is 11.9 Å². The molecule has 0 atom stereocenters. The van der Waals surface area contributed by atoms with Crippen LogP contribution in [0.5, 0.6) is 0 Å². The summed E-state index contributed by atoms with van der Waals surface area (Å²) >= 11 is 3.01. The SMILES string of the molecule is Fc1c[c]c(Br)nc1. The van der Waals surface area contributed by atoms with Crippen molar-refractivity contribution in [2.45, 2.75) is 0 Å². The Labute approximate surface area is 54.7 Å². The molecule has 0 aromatic carbocycles. The van der Waals surface area contributed by atoms with Crippen LogP contribution in [0.15, 0.2) is 16.9 Å². The molecule has 0 saturated heterocycles. The molecule has 1 rings (SSSR count). The lowest BCUT2D eigenvalue weighted by Crippen LogP contribution is -1.75. The molecular formula is C5H2BrFN. The number of nitrogens with zero attached hydrogens (tertiary/aromatic N) is 1. The van der Waals surface area contributed by atoms with E-state index in [0.29, 0.717) is 4.60 Å². The van der Waals surface area contributed by atoms with Gasteiger partial charge >= 0.3 is 0 Å². The van der Waals surface area contributed by atoms with Crippen LogP contribution in [-0.2, 0) is 0 Å². The quantitative estimate of drug-likeness (QED) is 0.547. The summed E-state index contributed by atoms with van der Waals surface area (Å²) < 4.78 is 12.5. The molecule has 1 heterocycles. The number of pyridine rings is 1. The number of rotatable bonds is 0. The molecule has 0 spiro atoms. The summed E-state index contributed by atoms with van der Waals surface area (Å²) in [6, 6.07) is 3.75. The van der Waals surface area contributed by atoms with Crippen molar-refractivity contribution in [2.24, 2.45) is 0 Å². The average Bonchev–Trinajstić information content (AvgIpc) is 1.77. The first kappa shape index (κ1) is 5.69. The Balaban J connectivity index is 3.03. The van der Waals surface area contributed by atoms with Gasteiger partial charge in [0, 0.05) is 6.07 Å². The average molecular weight is 175 g/mol. The van der Waals surface area contributed by atoms with Crippen molar-refractivity contribution in [1.82, 2.24) is 4.98 Å². The summed E-state index contributed by atoms with van der Waals surface area (Å²) in [6.45, 7) is 0. The molecule has 1 radical (unpaired) electrons. The van der Waals surface area contributed by atoms with Gasteiger partial charge in [-0.25, -0.2) is 9.37 Å². The third-order valence-electron chi connectivity index (χ3n) is 0.630. The lowest BCUT2D eigenvalue weighted by molar-refractivity contribution is 0.620. The van der Waals surface area contributed by atoms with Crippen molar-refractivity contribution >= 4 is 15.9 Å². The topological polar surface area (TPSA) is 12.9 Å². The molecule has 0 aliphatic rings. The highest BCUT2D eigenvalue weighted by atomic mass is 79.9. The largest absolute Gasteiger partial charge is 0.246 e. The third-order valence-corrected chi connectivity index (χ3v) is 1.06. The van der Waals surface area contributed by atoms with Gasteiger partial charge in [0.05, 0.1) is 6.20 Å². The van der Waals surface area contributed by atoms with Crippen LogP contribution < -0.4 is 0 Å². The number of aromatic nitrogens is 1. The van der Waals surface area contributed by atoms with E-state index >= 15 is 0 Å². The van der Waals surface area contributed by atoms with Crippen molar-refractivity contribution in [2.75, 3.05) is 0 Å². The molecule has 1 nitrogen and oxygen atoms in total. The van der Waals surface area contributed by atoms with Gasteiger partial charge in [-0.3, -0.25) is 0 Å². The molecule has 0 fully saturated rings. The van der Waals surface area contributed by atoms with Crippen LogP contribution >= 0.6 is 15.9 Å². The first-order valence-electron chi connectivity index (χ1n) is 1.98. The van der Waals surface area contributed by atoms with Crippen LogP contribution in [0.1, 0.15) is 0 Å². The van der Waals surface area contributed by atoms with E-state index in [4.69, 9.17) is 0 Å². The predicted octanol–water partition coefficient (Wildman–Crippen LogP) is 1.78. The third kappa shape index (κ3) is 1.26. The fourth-order valence-electron chi connectivity index (χ4n) is 0.321. The van der Waals surface area contributed by atoms with E-state index in [9.17, 15) is 4.39 Å². The maximum atomic E-state index is 12.0. The van der Waals surface area contributed by atoms with E-state index in [2.05, 4.69) is 27.0 Å². The summed E-state index contributed by atoms with van der Waals surface area (Å²) in [4.78, 5) is 3.56. The smallest absolute Gasteiger partial charge is 0.142 e. The molecule has 3 heteroatoms. The minimum atomic E-state index is -0.367. The lowest BCUT2D eigenvalue weighted by atomic mass is 10.5. The van der Waals surface area contributed by atoms with Gasteiger partial charge in [0.2, 0.25) is 0 Å². The van der Waals surface area contributed by atoms with Gasteiger partial charge in [0.25, 0.3) is 0 Å². The highest BCUT2D eigenvalue weighted by Gasteiger charge is 1.87. The summed E-state index contributed by atoms with van der Waals surface area (Å²) in [5, 5.41) is 0. The first-order valence-corrected chi connectivity index (χ1v) is 2.77. The second kappa shape index (κ2) is 2.22. The minimum Gasteiger partial charge on any atom is -0.246 e. The fraction of sp³-hybridized carbons (Fsp3) is 0. The van der Waals surface area contributed by atoms with Crippen LogP contribution in [0.25, 0.3) is 0 Å². The van der Waals surface area contributed by atoms with E-state index in [-0.39, 0.29) is 5.82 Å². The van der Waals surface area contributed by atoms with E-state index in [1.807, 2.05) is 0 Å². The number of halogens is 2. The Bertz CT molecular complexity index is 151. The maximum absolute atomic E-state index is 12.0. The highest BCUT2D eigenvalue weighted by Crippen LogP contribution is 2.02. The van der Waals surface area contributed by atoms with Crippen molar-refractivity contribution in [1.29, 1.82) is 0 Å². The molecule has 1 aromatic rings. The summed E-state index contributed by atoms with van der Waals surface area (Å²) in [7, 11) is 0. The van der Waals surface area contributed by atoms with Crippen LogP contribution in [0.4, 0.5) is 4.39 Å². The first-order chi connectivity index (χ1) is 3.79. The van der Waals surface area contributed by atoms with Crippen LogP contribution in [0.3, 0.4) is 0 Å². The van der Waals surface area contributed by atoms with Gasteiger partial charge in [-0.2, -0.15) is 0 Å². The Hall–Kier alpha value is -0.440. The molecule has 0 N–H and O–H groups in total. The van der Waals surface area contributed by atoms with Crippen LogP contribution in [-0.4, -0.2) is 4.98 Å². The zero-order valence-corrected chi connectivity index (χ0v) is 5.44. The molecule has 1 aromatic heterocycles. The maximum Gasteiger partial charge on any atom is 0.142 e. The molecule has 0 saturated carbocycles. The van der Waals surface area contributed by atoms with Gasteiger partial charge in [0.15, 0.2) is 0 Å². The van der Waals surface area contributed by atoms with E-state index in [1.54, 1.807) is 0 Å². The highest BCUT2D eigenvalue weighted by molar-refractivity contribution is 9.10. The molecule has 0 aliphatic carbocycles. The minimum absolute atomic E-state index is 0.367. The second-order valence-corrected chi connectivity index (χ2v) is 1.97. The Kier molecular flexibility index (Phi) is 1.58. The van der Waals surface area contributed by atoms with E-state index in [0.717, 1.165) is 6.20 Å². The lowest BCUT2D eigenvalue weighted by Gasteiger charge is -1.83. The monoisotopic (exact) mass is 174 g/mol. The zero-order chi connectivity index (χ0) is 5.98. The Morgan fingerprint density at radius 1 is 1.75 bits per heavy atom. The summed E-state index contributed by atoms with van der Waals surface area (Å²) in [5.74, 6) is -0.367.